The van der Waals surface area contributed by atoms with E-state index in [4.69, 9.17) is 10.2 Å². The van der Waals surface area contributed by atoms with Gasteiger partial charge in [-0.2, -0.15) is 0 Å². The highest BCUT2D eigenvalue weighted by Crippen LogP contribution is 2.32. The first-order valence-corrected chi connectivity index (χ1v) is 14.3. The summed E-state index contributed by atoms with van der Waals surface area (Å²) < 4.78 is 3.96. The third-order valence-electron chi connectivity index (χ3n) is 7.95. The molecular formula is C34H32N4O7. The lowest BCUT2D eigenvalue weighted by Gasteiger charge is -2.12. The van der Waals surface area contributed by atoms with Gasteiger partial charge in [-0.25, -0.2) is 9.59 Å². The van der Waals surface area contributed by atoms with Crippen molar-refractivity contribution in [3.8, 4) is 28.3 Å². The second-order valence-corrected chi connectivity index (χ2v) is 10.7. The third-order valence-corrected chi connectivity index (χ3v) is 7.95. The summed E-state index contributed by atoms with van der Waals surface area (Å²) in [4.78, 5) is 51.6. The minimum absolute atomic E-state index is 0.222. The number of carboxylic acid groups (broad SMARTS) is 2. The highest BCUT2D eigenvalue weighted by atomic mass is 16.4. The molecule has 11 heteroatoms. The Hall–Kier alpha value is -5.84. The molecule has 4 heterocycles. The largest absolute Gasteiger partial charge is 0.506 e. The molecule has 0 aliphatic rings. The molecule has 45 heavy (non-hydrogen) atoms. The lowest BCUT2D eigenvalue weighted by atomic mass is 10.00. The van der Waals surface area contributed by atoms with Crippen LogP contribution in [0.25, 0.3) is 44.3 Å². The molecule has 11 nitrogen and oxygen atoms in total. The number of rotatable bonds is 6. The van der Waals surface area contributed by atoms with Gasteiger partial charge < -0.3 is 34.4 Å². The van der Waals surface area contributed by atoms with E-state index in [1.54, 1.807) is 6.92 Å². The molecule has 5 N–H and O–H groups in total. The highest BCUT2D eigenvalue weighted by Gasteiger charge is 2.22. The van der Waals surface area contributed by atoms with E-state index in [-0.39, 0.29) is 5.56 Å². The van der Waals surface area contributed by atoms with Gasteiger partial charge in [-0.15, -0.1) is 0 Å². The van der Waals surface area contributed by atoms with Gasteiger partial charge in [0, 0.05) is 54.2 Å². The predicted octanol–water partition coefficient (Wildman–Crippen LogP) is 5.29. The van der Waals surface area contributed by atoms with Crippen LogP contribution in [0, 0.1) is 0 Å². The fraction of sp³-hybridized carbons (Fsp3) is 0.176. The van der Waals surface area contributed by atoms with Crippen molar-refractivity contribution in [3.05, 3.63) is 110 Å². The molecule has 4 aromatic heterocycles. The number of H-pyrrole nitrogens is 2. The Kier molecular flexibility index (Phi) is 8.19. The molecule has 0 fully saturated rings. The van der Waals surface area contributed by atoms with Gasteiger partial charge in [0.05, 0.1) is 11.4 Å². The second kappa shape index (κ2) is 12.0. The van der Waals surface area contributed by atoms with Gasteiger partial charge >= 0.3 is 11.9 Å². The van der Waals surface area contributed by atoms with E-state index >= 15 is 0 Å². The number of benzene rings is 2. The summed E-state index contributed by atoms with van der Waals surface area (Å²) in [5.74, 6) is -3.12. The summed E-state index contributed by atoms with van der Waals surface area (Å²) in [6, 6.07) is 17.1. The van der Waals surface area contributed by atoms with Crippen molar-refractivity contribution in [3.63, 3.8) is 0 Å². The number of nitrogens with one attached hydrogen (secondary N) is 2. The molecule has 6 rings (SSSR count). The van der Waals surface area contributed by atoms with E-state index < -0.39 is 34.4 Å². The van der Waals surface area contributed by atoms with Gasteiger partial charge in [0.15, 0.2) is 5.56 Å². The molecule has 0 radical (unpaired) electrons. The number of aryl methyl sites for hydroxylation is 3. The molecule has 0 atom stereocenters. The van der Waals surface area contributed by atoms with E-state index in [1.165, 1.54) is 6.07 Å². The zero-order valence-electron chi connectivity index (χ0n) is 25.1. The minimum atomic E-state index is -1.44. The Morgan fingerprint density at radius 3 is 1.73 bits per heavy atom. The zero-order valence-corrected chi connectivity index (χ0v) is 25.1. The zero-order chi connectivity index (χ0) is 32.6. The summed E-state index contributed by atoms with van der Waals surface area (Å²) in [5.41, 5.74) is 3.76. The maximum Gasteiger partial charge on any atom is 0.345 e. The molecule has 6 aromatic rings. The number of fused-ring (bicyclic) bond motifs is 2. The van der Waals surface area contributed by atoms with Crippen molar-refractivity contribution in [1.29, 1.82) is 0 Å². The summed E-state index contributed by atoms with van der Waals surface area (Å²) in [6.45, 7) is 3.73. The maximum absolute atomic E-state index is 12.0. The lowest BCUT2D eigenvalue weighted by Crippen LogP contribution is -2.20. The first-order chi connectivity index (χ1) is 21.4. The summed E-state index contributed by atoms with van der Waals surface area (Å²) >= 11 is 0. The van der Waals surface area contributed by atoms with Gasteiger partial charge in [0.1, 0.15) is 11.3 Å². The van der Waals surface area contributed by atoms with Crippen LogP contribution in [0.2, 0.25) is 0 Å². The van der Waals surface area contributed by atoms with Crippen molar-refractivity contribution in [2.45, 2.75) is 26.7 Å². The van der Waals surface area contributed by atoms with Gasteiger partial charge in [-0.3, -0.25) is 9.59 Å². The topological polar surface area (TPSA) is 170 Å². The van der Waals surface area contributed by atoms with E-state index in [0.29, 0.717) is 29.8 Å². The molecule has 230 valence electrons. The molecule has 0 unspecified atom stereocenters. The standard InChI is InChI=1S/C17H16N2O4.C17H16N2O3/c1-3-11-14(18-16(21)13(15(11)20)17(22)23)10-5-4-9-6-7-19(2)12(9)8-10;1-3-10-8-13(17(21)22)16(20)18-15(10)12-5-4-11-6-7-19(2)14(11)9-12/h4-8H,3H2,1-2H3,(H,22,23)(H2,18,20,21);4-9H,3H2,1-2H3,(H,18,20)(H,21,22). The van der Waals surface area contributed by atoms with Crippen molar-refractivity contribution in [2.75, 3.05) is 0 Å². The van der Waals surface area contributed by atoms with Crippen molar-refractivity contribution in [2.24, 2.45) is 14.1 Å². The number of aromatic carboxylic acids is 2. The molecular weight excluding hydrogens is 576 g/mol. The van der Waals surface area contributed by atoms with E-state index in [0.717, 1.165) is 38.5 Å². The van der Waals surface area contributed by atoms with Crippen molar-refractivity contribution >= 4 is 33.7 Å². The number of aromatic amines is 2. The molecule has 0 spiro atoms. The van der Waals surface area contributed by atoms with E-state index in [2.05, 4.69) is 9.97 Å². The molecule has 0 saturated heterocycles. The molecule has 0 aliphatic heterocycles. The highest BCUT2D eigenvalue weighted by molar-refractivity contribution is 5.93. The number of aromatic hydroxyl groups is 1. The number of carbonyl (C=O) groups is 2. The van der Waals surface area contributed by atoms with E-state index in [9.17, 15) is 24.3 Å². The van der Waals surface area contributed by atoms with Crippen LogP contribution >= 0.6 is 0 Å². The molecule has 0 saturated carbocycles. The van der Waals surface area contributed by atoms with Crippen molar-refractivity contribution in [1.82, 2.24) is 19.1 Å². The molecule has 0 amide bonds. The number of hydrogen-bond acceptors (Lipinski definition) is 5. The number of pyridine rings is 2. The van der Waals surface area contributed by atoms with Crippen LogP contribution in [0.4, 0.5) is 0 Å². The number of carboxylic acids is 2. The lowest BCUT2D eigenvalue weighted by molar-refractivity contribution is 0.0682. The number of aromatic nitrogens is 4. The Morgan fingerprint density at radius 2 is 1.24 bits per heavy atom. The first kappa shape index (κ1) is 30.6. The molecule has 0 aliphatic carbocycles. The van der Waals surface area contributed by atoms with Gasteiger partial charge in [-0.05, 0) is 59.5 Å². The summed E-state index contributed by atoms with van der Waals surface area (Å²) in [7, 11) is 3.88. The number of hydrogen-bond donors (Lipinski definition) is 5. The SMILES string of the molecule is CCc1c(-c2ccc3ccn(C)c3c2)[nH]c(=O)c(C(=O)O)c1O.CCc1cc(C(=O)O)c(=O)[nH]c1-c1ccc2ccn(C)c2c1. The first-order valence-electron chi connectivity index (χ1n) is 14.3. The van der Waals surface area contributed by atoms with E-state index in [1.807, 2.05) is 91.1 Å². The number of nitrogens with zero attached hydrogens (tertiary/aromatic N) is 2. The Balaban J connectivity index is 0.000000178. The van der Waals surface area contributed by atoms with Crippen LogP contribution in [-0.2, 0) is 26.9 Å². The predicted molar refractivity (Wildman–Crippen MR) is 172 cm³/mol. The summed E-state index contributed by atoms with van der Waals surface area (Å²) in [6.07, 6.45) is 4.94. The van der Waals surface area contributed by atoms with Crippen LogP contribution in [-0.4, -0.2) is 46.4 Å². The van der Waals surface area contributed by atoms with Crippen LogP contribution in [0.15, 0.2) is 76.6 Å². The Bertz CT molecular complexity index is 2230. The van der Waals surface area contributed by atoms with Crippen LogP contribution in [0.5, 0.6) is 5.75 Å². The second-order valence-electron chi connectivity index (χ2n) is 10.7. The van der Waals surface area contributed by atoms with Crippen LogP contribution in [0.1, 0.15) is 45.7 Å². The average Bonchev–Trinajstić information content (AvgIpc) is 3.57. The molecule has 2 aromatic carbocycles. The van der Waals surface area contributed by atoms with Crippen molar-refractivity contribution < 1.29 is 24.9 Å². The van der Waals surface area contributed by atoms with Gasteiger partial charge in [-0.1, -0.05) is 38.1 Å². The summed E-state index contributed by atoms with van der Waals surface area (Å²) in [5, 5.41) is 30.5. The quantitative estimate of drug-likeness (QED) is 0.171. The smallest absolute Gasteiger partial charge is 0.345 e. The average molecular weight is 609 g/mol. The van der Waals surface area contributed by atoms with Crippen LogP contribution in [0.3, 0.4) is 0 Å². The minimum Gasteiger partial charge on any atom is -0.506 e. The Morgan fingerprint density at radius 1 is 0.711 bits per heavy atom. The monoisotopic (exact) mass is 608 g/mol. The fourth-order valence-corrected chi connectivity index (χ4v) is 5.52. The maximum atomic E-state index is 12.0. The van der Waals surface area contributed by atoms with Gasteiger partial charge in [0.2, 0.25) is 0 Å². The fourth-order valence-electron chi connectivity index (χ4n) is 5.52. The third kappa shape index (κ3) is 5.63. The molecule has 0 bridgehead atoms. The normalized spacial score (nSPS) is 11.0. The van der Waals surface area contributed by atoms with Gasteiger partial charge in [0.25, 0.3) is 11.1 Å². The van der Waals surface area contributed by atoms with Crippen LogP contribution < -0.4 is 11.1 Å². The Labute approximate surface area is 256 Å².